The average Bonchev–Trinajstić information content (AvgIpc) is 2.29. The van der Waals surface area contributed by atoms with Gasteiger partial charge in [0.1, 0.15) is 0 Å². The molecule has 0 aromatic heterocycles. The molecule has 0 radical (unpaired) electrons. The van der Waals surface area contributed by atoms with Crippen LogP contribution in [0.3, 0.4) is 0 Å². The van der Waals surface area contributed by atoms with Gasteiger partial charge in [0.05, 0.1) is 0 Å². The smallest absolute Gasteiger partial charge is 0.0294 e. The molecule has 0 saturated carbocycles. The van der Waals surface area contributed by atoms with Crippen molar-refractivity contribution in [3.63, 3.8) is 0 Å². The largest absolute Gasteiger partial charge is 0.307 e. The van der Waals surface area contributed by atoms with Gasteiger partial charge in [-0.15, -0.1) is 0 Å². The Morgan fingerprint density at radius 2 is 1.67 bits per heavy atom. The highest BCUT2D eigenvalue weighted by atomic mass is 32.2. The van der Waals surface area contributed by atoms with E-state index in [0.29, 0.717) is 12.1 Å². The molecule has 0 amide bonds. The summed E-state index contributed by atoms with van der Waals surface area (Å²) >= 11 is 1.89. The lowest BCUT2D eigenvalue weighted by Crippen LogP contribution is -2.30. The van der Waals surface area contributed by atoms with Crippen LogP contribution in [0.4, 0.5) is 0 Å². The molecule has 2 heteroatoms. The zero-order chi connectivity index (χ0) is 13.5. The number of hydrogen-bond acceptors (Lipinski definition) is 2. The summed E-state index contributed by atoms with van der Waals surface area (Å²) in [7, 11) is 0. The molecular weight excluding hydrogens is 238 g/mol. The topological polar surface area (TPSA) is 12.0 Å². The summed E-state index contributed by atoms with van der Waals surface area (Å²) in [5.74, 6) is 1.89. The monoisotopic (exact) mass is 265 g/mol. The van der Waals surface area contributed by atoms with Gasteiger partial charge in [0.25, 0.3) is 0 Å². The Morgan fingerprint density at radius 3 is 2.17 bits per heavy atom. The Hall–Kier alpha value is -0.470. The molecule has 1 aromatic carbocycles. The molecule has 0 bridgehead atoms. The number of benzene rings is 1. The number of hydrogen-bond donors (Lipinski definition) is 1. The van der Waals surface area contributed by atoms with Gasteiger partial charge in [-0.2, -0.15) is 11.8 Å². The molecule has 0 fully saturated rings. The second-order valence-corrected chi connectivity index (χ2v) is 6.49. The van der Waals surface area contributed by atoms with Crippen LogP contribution < -0.4 is 5.32 Å². The molecular formula is C16H27NS. The standard InChI is InChI=1S/C16H27NS/c1-12(2)10-15-6-8-16(9-7-15)14(4)17-13(3)11-18-5/h6-9,12-14,17H,10-11H2,1-5H3. The zero-order valence-electron chi connectivity index (χ0n) is 12.4. The van der Waals surface area contributed by atoms with Crippen molar-refractivity contribution in [2.24, 2.45) is 5.92 Å². The van der Waals surface area contributed by atoms with Crippen LogP contribution in [0.1, 0.15) is 44.9 Å². The lowest BCUT2D eigenvalue weighted by Gasteiger charge is -2.20. The van der Waals surface area contributed by atoms with Crippen LogP contribution in [-0.4, -0.2) is 18.1 Å². The predicted molar refractivity (Wildman–Crippen MR) is 84.4 cm³/mol. The van der Waals surface area contributed by atoms with Gasteiger partial charge in [0, 0.05) is 17.8 Å². The van der Waals surface area contributed by atoms with E-state index in [1.54, 1.807) is 0 Å². The highest BCUT2D eigenvalue weighted by Gasteiger charge is 2.09. The Bertz CT molecular complexity index is 331. The van der Waals surface area contributed by atoms with Gasteiger partial charge < -0.3 is 5.32 Å². The molecule has 0 aliphatic heterocycles. The minimum absolute atomic E-state index is 0.431. The maximum atomic E-state index is 3.64. The summed E-state index contributed by atoms with van der Waals surface area (Å²) in [5, 5.41) is 3.64. The summed E-state index contributed by atoms with van der Waals surface area (Å²) < 4.78 is 0. The minimum Gasteiger partial charge on any atom is -0.307 e. The summed E-state index contributed by atoms with van der Waals surface area (Å²) in [5.41, 5.74) is 2.83. The third-order valence-electron chi connectivity index (χ3n) is 3.07. The summed E-state index contributed by atoms with van der Waals surface area (Å²) in [6.45, 7) is 9.03. The van der Waals surface area contributed by atoms with Crippen molar-refractivity contribution in [1.82, 2.24) is 5.32 Å². The van der Waals surface area contributed by atoms with Crippen molar-refractivity contribution in [1.29, 1.82) is 0 Å². The van der Waals surface area contributed by atoms with Crippen molar-refractivity contribution in [3.05, 3.63) is 35.4 Å². The second-order valence-electron chi connectivity index (χ2n) is 5.58. The SMILES string of the molecule is CSCC(C)NC(C)c1ccc(CC(C)C)cc1. The van der Waals surface area contributed by atoms with E-state index in [-0.39, 0.29) is 0 Å². The van der Waals surface area contributed by atoms with Crippen LogP contribution in [0.2, 0.25) is 0 Å². The first kappa shape index (κ1) is 15.6. The first-order valence-electron chi connectivity index (χ1n) is 6.86. The Morgan fingerprint density at radius 1 is 1.06 bits per heavy atom. The van der Waals surface area contributed by atoms with E-state index in [9.17, 15) is 0 Å². The van der Waals surface area contributed by atoms with Crippen LogP contribution in [0.5, 0.6) is 0 Å². The molecule has 2 atom stereocenters. The van der Waals surface area contributed by atoms with Crippen LogP contribution in [0.15, 0.2) is 24.3 Å². The minimum atomic E-state index is 0.431. The number of nitrogens with one attached hydrogen (secondary N) is 1. The van der Waals surface area contributed by atoms with E-state index in [1.807, 2.05) is 11.8 Å². The maximum absolute atomic E-state index is 3.64. The van der Waals surface area contributed by atoms with Crippen molar-refractivity contribution in [2.75, 3.05) is 12.0 Å². The normalized spacial score (nSPS) is 14.8. The Kier molecular flexibility index (Phi) is 6.80. The maximum Gasteiger partial charge on any atom is 0.0294 e. The van der Waals surface area contributed by atoms with Gasteiger partial charge in [-0.25, -0.2) is 0 Å². The zero-order valence-corrected chi connectivity index (χ0v) is 13.2. The van der Waals surface area contributed by atoms with Crippen LogP contribution in [0.25, 0.3) is 0 Å². The average molecular weight is 265 g/mol. The molecule has 102 valence electrons. The summed E-state index contributed by atoms with van der Waals surface area (Å²) in [4.78, 5) is 0. The highest BCUT2D eigenvalue weighted by molar-refractivity contribution is 7.98. The third-order valence-corrected chi connectivity index (χ3v) is 3.91. The lowest BCUT2D eigenvalue weighted by atomic mass is 10.00. The van der Waals surface area contributed by atoms with E-state index < -0.39 is 0 Å². The van der Waals surface area contributed by atoms with E-state index in [4.69, 9.17) is 0 Å². The highest BCUT2D eigenvalue weighted by Crippen LogP contribution is 2.16. The molecule has 0 aliphatic carbocycles. The third kappa shape index (κ3) is 5.45. The van der Waals surface area contributed by atoms with Gasteiger partial charge in [-0.1, -0.05) is 38.1 Å². The second kappa shape index (κ2) is 7.85. The molecule has 1 rings (SSSR count). The molecule has 1 nitrogen and oxygen atoms in total. The number of rotatable bonds is 7. The first-order chi connectivity index (χ1) is 8.52. The fourth-order valence-electron chi connectivity index (χ4n) is 2.23. The van der Waals surface area contributed by atoms with Gasteiger partial charge in [-0.3, -0.25) is 0 Å². The van der Waals surface area contributed by atoms with E-state index in [2.05, 4.69) is 63.5 Å². The van der Waals surface area contributed by atoms with Crippen LogP contribution in [-0.2, 0) is 6.42 Å². The van der Waals surface area contributed by atoms with E-state index >= 15 is 0 Å². The van der Waals surface area contributed by atoms with Gasteiger partial charge >= 0.3 is 0 Å². The quantitative estimate of drug-likeness (QED) is 0.789. The fraction of sp³-hybridized carbons (Fsp3) is 0.625. The number of thioether (sulfide) groups is 1. The van der Waals surface area contributed by atoms with Gasteiger partial charge in [0.2, 0.25) is 0 Å². The first-order valence-corrected chi connectivity index (χ1v) is 8.26. The van der Waals surface area contributed by atoms with Crippen molar-refractivity contribution < 1.29 is 0 Å². The van der Waals surface area contributed by atoms with Gasteiger partial charge in [0.15, 0.2) is 0 Å². The summed E-state index contributed by atoms with van der Waals surface area (Å²) in [6, 6.07) is 10.1. The molecule has 2 unspecified atom stereocenters. The van der Waals surface area contributed by atoms with E-state index in [0.717, 1.165) is 11.7 Å². The van der Waals surface area contributed by atoms with Crippen molar-refractivity contribution >= 4 is 11.8 Å². The molecule has 0 aliphatic rings. The van der Waals surface area contributed by atoms with Crippen LogP contribution in [0, 0.1) is 5.92 Å². The Balaban J connectivity index is 2.55. The lowest BCUT2D eigenvalue weighted by molar-refractivity contribution is 0.511. The molecule has 18 heavy (non-hydrogen) atoms. The van der Waals surface area contributed by atoms with Crippen molar-refractivity contribution in [2.45, 2.75) is 46.2 Å². The molecule has 1 aromatic rings. The Labute approximate surface area is 117 Å². The van der Waals surface area contributed by atoms with Crippen molar-refractivity contribution in [3.8, 4) is 0 Å². The molecule has 1 N–H and O–H groups in total. The van der Waals surface area contributed by atoms with Gasteiger partial charge in [-0.05, 0) is 43.6 Å². The molecule has 0 spiro atoms. The van der Waals surface area contributed by atoms with Crippen LogP contribution >= 0.6 is 11.8 Å². The fourth-order valence-corrected chi connectivity index (χ4v) is 2.83. The molecule has 0 saturated heterocycles. The van der Waals surface area contributed by atoms with E-state index in [1.165, 1.54) is 17.5 Å². The molecule has 0 heterocycles. The summed E-state index contributed by atoms with van der Waals surface area (Å²) in [6.07, 6.45) is 3.33. The predicted octanol–water partition coefficient (Wildman–Crippen LogP) is 4.29.